The van der Waals surface area contributed by atoms with Gasteiger partial charge in [0.1, 0.15) is 0 Å². The van der Waals surface area contributed by atoms with E-state index < -0.39 is 0 Å². The summed E-state index contributed by atoms with van der Waals surface area (Å²) in [5.74, 6) is 2.05. The first-order valence-electron chi connectivity index (χ1n) is 5.00. The second-order valence-electron chi connectivity index (χ2n) is 3.96. The molecule has 1 N–H and O–H groups in total. The highest BCUT2D eigenvalue weighted by atomic mass is 35.5. The molecule has 1 heterocycles. The number of rotatable bonds is 3. The van der Waals surface area contributed by atoms with Crippen LogP contribution < -0.4 is 14.8 Å². The lowest BCUT2D eigenvalue weighted by Crippen LogP contribution is -2.08. The minimum atomic E-state index is 0.277. The summed E-state index contributed by atoms with van der Waals surface area (Å²) < 4.78 is 10.5. The van der Waals surface area contributed by atoms with E-state index in [-0.39, 0.29) is 6.79 Å². The second-order valence-corrected chi connectivity index (χ2v) is 4.37. The van der Waals surface area contributed by atoms with Crippen LogP contribution in [0.25, 0.3) is 0 Å². The maximum atomic E-state index is 6.09. The smallest absolute Gasteiger partial charge is 0.231 e. The van der Waals surface area contributed by atoms with E-state index in [1.807, 2.05) is 6.07 Å². The number of nitrogens with one attached hydrogen (secondary N) is 1. The summed E-state index contributed by atoms with van der Waals surface area (Å²) in [6.45, 7) is 5.46. The molecule has 82 valence electrons. The molecular formula is C11H14ClNO2. The van der Waals surface area contributed by atoms with Crippen molar-refractivity contribution in [3.05, 3.63) is 17.2 Å². The fourth-order valence-electron chi connectivity index (χ4n) is 1.37. The van der Waals surface area contributed by atoms with Crippen LogP contribution in [0.3, 0.4) is 0 Å². The molecule has 0 unspecified atom stereocenters. The summed E-state index contributed by atoms with van der Waals surface area (Å²) in [5.41, 5.74) is 0.898. The average Bonchev–Trinajstić information content (AvgIpc) is 2.60. The van der Waals surface area contributed by atoms with Crippen LogP contribution in [0.15, 0.2) is 12.1 Å². The molecule has 0 saturated carbocycles. The van der Waals surface area contributed by atoms with E-state index in [1.54, 1.807) is 6.07 Å². The second kappa shape index (κ2) is 4.19. The van der Waals surface area contributed by atoms with Gasteiger partial charge in [0, 0.05) is 18.7 Å². The highest BCUT2D eigenvalue weighted by molar-refractivity contribution is 6.33. The molecule has 0 amide bonds. The SMILES string of the molecule is CC(C)CNc1cc2c(cc1Cl)OCO2. The highest BCUT2D eigenvalue weighted by Gasteiger charge is 2.16. The molecule has 0 bridgehead atoms. The molecule has 3 nitrogen and oxygen atoms in total. The standard InChI is InChI=1S/C11H14ClNO2/c1-7(2)5-13-9-4-11-10(3-8(9)12)14-6-15-11/h3-4,7,13H,5-6H2,1-2H3. The zero-order valence-corrected chi connectivity index (χ0v) is 9.60. The molecule has 0 radical (unpaired) electrons. The topological polar surface area (TPSA) is 30.5 Å². The Hall–Kier alpha value is -1.09. The number of hydrogen-bond donors (Lipinski definition) is 1. The zero-order chi connectivity index (χ0) is 10.8. The van der Waals surface area contributed by atoms with Gasteiger partial charge in [0.05, 0.1) is 10.7 Å². The zero-order valence-electron chi connectivity index (χ0n) is 8.84. The first kappa shape index (κ1) is 10.4. The van der Waals surface area contributed by atoms with Crippen LogP contribution in [0, 0.1) is 5.92 Å². The van der Waals surface area contributed by atoms with Crippen LogP contribution in [-0.4, -0.2) is 13.3 Å². The van der Waals surface area contributed by atoms with Crippen molar-refractivity contribution in [1.82, 2.24) is 0 Å². The van der Waals surface area contributed by atoms with Crippen LogP contribution in [0.2, 0.25) is 5.02 Å². The average molecular weight is 228 g/mol. The Morgan fingerprint density at radius 3 is 2.67 bits per heavy atom. The lowest BCUT2D eigenvalue weighted by Gasteiger charge is -2.11. The minimum Gasteiger partial charge on any atom is -0.454 e. The number of hydrogen-bond acceptors (Lipinski definition) is 3. The Labute approximate surface area is 94.3 Å². The number of benzene rings is 1. The third kappa shape index (κ3) is 2.29. The van der Waals surface area contributed by atoms with Crippen molar-refractivity contribution in [2.24, 2.45) is 5.92 Å². The van der Waals surface area contributed by atoms with Crippen LogP contribution in [0.4, 0.5) is 5.69 Å². The van der Waals surface area contributed by atoms with E-state index in [1.165, 1.54) is 0 Å². The summed E-state index contributed by atoms with van der Waals surface area (Å²) in [6.07, 6.45) is 0. The van der Waals surface area contributed by atoms with Gasteiger partial charge in [0.15, 0.2) is 11.5 Å². The van der Waals surface area contributed by atoms with E-state index in [4.69, 9.17) is 21.1 Å². The number of anilines is 1. The Kier molecular flexibility index (Phi) is 2.91. The Morgan fingerprint density at radius 1 is 1.33 bits per heavy atom. The fraction of sp³-hybridized carbons (Fsp3) is 0.455. The van der Waals surface area contributed by atoms with Crippen molar-refractivity contribution < 1.29 is 9.47 Å². The van der Waals surface area contributed by atoms with Gasteiger partial charge in [0.25, 0.3) is 0 Å². The molecule has 1 aliphatic heterocycles. The predicted molar refractivity (Wildman–Crippen MR) is 60.9 cm³/mol. The molecule has 0 aromatic heterocycles. The monoisotopic (exact) mass is 227 g/mol. The molecule has 0 saturated heterocycles. The van der Waals surface area contributed by atoms with Crippen molar-refractivity contribution in [2.75, 3.05) is 18.7 Å². The minimum absolute atomic E-state index is 0.277. The maximum absolute atomic E-state index is 6.09. The summed E-state index contributed by atoms with van der Waals surface area (Å²) >= 11 is 6.09. The quantitative estimate of drug-likeness (QED) is 0.861. The van der Waals surface area contributed by atoms with Gasteiger partial charge in [-0.3, -0.25) is 0 Å². The van der Waals surface area contributed by atoms with E-state index in [0.717, 1.165) is 23.7 Å². The lowest BCUT2D eigenvalue weighted by atomic mass is 10.2. The summed E-state index contributed by atoms with van der Waals surface area (Å²) in [4.78, 5) is 0. The van der Waals surface area contributed by atoms with Crippen molar-refractivity contribution in [2.45, 2.75) is 13.8 Å². The lowest BCUT2D eigenvalue weighted by molar-refractivity contribution is 0.174. The van der Waals surface area contributed by atoms with Gasteiger partial charge in [-0.15, -0.1) is 0 Å². The molecule has 0 aliphatic carbocycles. The van der Waals surface area contributed by atoms with E-state index in [0.29, 0.717) is 10.9 Å². The van der Waals surface area contributed by atoms with Gasteiger partial charge in [-0.2, -0.15) is 0 Å². The molecule has 0 fully saturated rings. The van der Waals surface area contributed by atoms with Gasteiger partial charge >= 0.3 is 0 Å². The maximum Gasteiger partial charge on any atom is 0.231 e. The molecule has 4 heteroatoms. The summed E-state index contributed by atoms with van der Waals surface area (Å²) in [6, 6.07) is 3.67. The molecule has 0 atom stereocenters. The molecule has 1 aromatic carbocycles. The fourth-order valence-corrected chi connectivity index (χ4v) is 1.59. The van der Waals surface area contributed by atoms with Crippen LogP contribution in [0.1, 0.15) is 13.8 Å². The van der Waals surface area contributed by atoms with Crippen LogP contribution in [0.5, 0.6) is 11.5 Å². The first-order chi connectivity index (χ1) is 7.16. The van der Waals surface area contributed by atoms with Gasteiger partial charge in [-0.1, -0.05) is 25.4 Å². The molecule has 1 aliphatic rings. The van der Waals surface area contributed by atoms with E-state index in [9.17, 15) is 0 Å². The highest BCUT2D eigenvalue weighted by Crippen LogP contribution is 2.39. The van der Waals surface area contributed by atoms with Gasteiger partial charge in [-0.25, -0.2) is 0 Å². The molecule has 2 rings (SSSR count). The third-order valence-electron chi connectivity index (χ3n) is 2.16. The van der Waals surface area contributed by atoms with Crippen molar-refractivity contribution >= 4 is 17.3 Å². The summed E-state index contributed by atoms with van der Waals surface area (Å²) in [7, 11) is 0. The third-order valence-corrected chi connectivity index (χ3v) is 2.48. The molecule has 15 heavy (non-hydrogen) atoms. The van der Waals surface area contributed by atoms with Gasteiger partial charge in [-0.05, 0) is 5.92 Å². The van der Waals surface area contributed by atoms with E-state index in [2.05, 4.69) is 19.2 Å². The van der Waals surface area contributed by atoms with Crippen LogP contribution >= 0.6 is 11.6 Å². The normalized spacial score (nSPS) is 13.3. The number of halogens is 1. The van der Waals surface area contributed by atoms with Crippen molar-refractivity contribution in [3.8, 4) is 11.5 Å². The largest absolute Gasteiger partial charge is 0.454 e. The van der Waals surface area contributed by atoms with Gasteiger partial charge < -0.3 is 14.8 Å². The number of fused-ring (bicyclic) bond motifs is 1. The first-order valence-corrected chi connectivity index (χ1v) is 5.37. The Balaban J connectivity index is 2.17. The van der Waals surface area contributed by atoms with E-state index >= 15 is 0 Å². The molecule has 0 spiro atoms. The number of ether oxygens (including phenoxy) is 2. The summed E-state index contributed by atoms with van der Waals surface area (Å²) in [5, 5.41) is 3.94. The molecular weight excluding hydrogens is 214 g/mol. The molecule has 1 aromatic rings. The Morgan fingerprint density at radius 2 is 2.00 bits per heavy atom. The predicted octanol–water partition coefficient (Wildman–Crippen LogP) is 3.14. The van der Waals surface area contributed by atoms with Crippen molar-refractivity contribution in [3.63, 3.8) is 0 Å². The van der Waals surface area contributed by atoms with Crippen LogP contribution in [-0.2, 0) is 0 Å². The van der Waals surface area contributed by atoms with Crippen molar-refractivity contribution in [1.29, 1.82) is 0 Å². The van der Waals surface area contributed by atoms with Gasteiger partial charge in [0.2, 0.25) is 6.79 Å². The Bertz CT molecular complexity index is 366.